The normalized spacial score (nSPS) is 15.9. The van der Waals surface area contributed by atoms with Crippen LogP contribution in [0.4, 0.5) is 4.79 Å². The van der Waals surface area contributed by atoms with Crippen LogP contribution in [0, 0.1) is 0 Å². The van der Waals surface area contributed by atoms with Gasteiger partial charge < -0.3 is 9.64 Å². The fraction of sp³-hybridized carbons (Fsp3) is 0.500. The van der Waals surface area contributed by atoms with Gasteiger partial charge in [-0.2, -0.15) is 5.10 Å². The highest BCUT2D eigenvalue weighted by atomic mass is 32.2. The Labute approximate surface area is 159 Å². The van der Waals surface area contributed by atoms with Crippen molar-refractivity contribution in [2.24, 2.45) is 0 Å². The Balaban J connectivity index is 1.49. The third-order valence-corrected chi connectivity index (χ3v) is 5.34. The van der Waals surface area contributed by atoms with Crippen LogP contribution in [0.5, 0.6) is 0 Å². The second-order valence-corrected chi connectivity index (χ2v) is 8.68. The van der Waals surface area contributed by atoms with Crippen LogP contribution in [0.25, 0.3) is 0 Å². The number of hydrogen-bond acceptors (Lipinski definition) is 4. The van der Waals surface area contributed by atoms with Crippen LogP contribution < -0.4 is 0 Å². The molecule has 0 atom stereocenters. The molecule has 5 nitrogen and oxygen atoms in total. The summed E-state index contributed by atoms with van der Waals surface area (Å²) in [6, 6.07) is 10.8. The molecule has 0 bridgehead atoms. The number of rotatable bonds is 4. The number of ether oxygens (including phenoxy) is 1. The quantitative estimate of drug-likeness (QED) is 0.726. The summed E-state index contributed by atoms with van der Waals surface area (Å²) in [4.78, 5) is 15.1. The Hall–Kier alpha value is -1.95. The fourth-order valence-corrected chi connectivity index (χ4v) is 3.81. The molecule has 1 amide bonds. The standard InChI is InChI=1S/C20H27N3O2S/c1-20(2,3)25-19(24)22-11-9-17(10-12-22)23-14-18(13-21-23)26-15-16-7-5-4-6-8-16/h4-8,13-14,17H,9-12,15H2,1-3H3. The molecule has 2 aromatic rings. The second-order valence-electron chi connectivity index (χ2n) is 7.63. The Kier molecular flexibility index (Phi) is 5.91. The van der Waals surface area contributed by atoms with Crippen molar-refractivity contribution in [3.05, 3.63) is 48.3 Å². The lowest BCUT2D eigenvalue weighted by Gasteiger charge is -2.33. The number of benzene rings is 1. The minimum atomic E-state index is -0.444. The second kappa shape index (κ2) is 8.16. The molecular weight excluding hydrogens is 346 g/mol. The van der Waals surface area contributed by atoms with Gasteiger partial charge in [0, 0.05) is 29.9 Å². The van der Waals surface area contributed by atoms with E-state index in [9.17, 15) is 4.79 Å². The number of carbonyl (C=O) groups is 1. The monoisotopic (exact) mass is 373 g/mol. The molecular formula is C20H27N3O2S. The third-order valence-electron chi connectivity index (χ3n) is 4.32. The molecule has 6 heteroatoms. The molecule has 1 fully saturated rings. The average molecular weight is 374 g/mol. The van der Waals surface area contributed by atoms with E-state index in [0.29, 0.717) is 19.1 Å². The van der Waals surface area contributed by atoms with E-state index >= 15 is 0 Å². The van der Waals surface area contributed by atoms with Gasteiger partial charge in [-0.25, -0.2) is 4.79 Å². The molecule has 2 heterocycles. The Morgan fingerprint density at radius 3 is 2.58 bits per heavy atom. The van der Waals surface area contributed by atoms with Gasteiger partial charge in [-0.15, -0.1) is 11.8 Å². The predicted molar refractivity (Wildman–Crippen MR) is 104 cm³/mol. The number of hydrogen-bond donors (Lipinski definition) is 0. The minimum absolute atomic E-state index is 0.212. The largest absolute Gasteiger partial charge is 0.444 e. The molecule has 140 valence electrons. The van der Waals surface area contributed by atoms with Crippen molar-refractivity contribution in [3.63, 3.8) is 0 Å². The van der Waals surface area contributed by atoms with Crippen LogP contribution in [0.15, 0.2) is 47.6 Å². The summed E-state index contributed by atoms with van der Waals surface area (Å²) in [6.07, 6.45) is 5.67. The summed E-state index contributed by atoms with van der Waals surface area (Å²) in [6.45, 7) is 7.12. The van der Waals surface area contributed by atoms with E-state index in [1.807, 2.05) is 33.0 Å². The SMILES string of the molecule is CC(C)(C)OC(=O)N1CCC(n2cc(SCc3ccccc3)cn2)CC1. The summed E-state index contributed by atoms with van der Waals surface area (Å²) in [7, 11) is 0. The van der Waals surface area contributed by atoms with E-state index in [1.165, 1.54) is 10.5 Å². The number of thioether (sulfide) groups is 1. The number of nitrogens with zero attached hydrogens (tertiary/aromatic N) is 3. The van der Waals surface area contributed by atoms with Gasteiger partial charge in [0.15, 0.2) is 0 Å². The van der Waals surface area contributed by atoms with Gasteiger partial charge in [0.1, 0.15) is 5.60 Å². The maximum absolute atomic E-state index is 12.2. The first-order valence-corrected chi connectivity index (χ1v) is 10.1. The molecule has 1 aliphatic heterocycles. The zero-order chi connectivity index (χ0) is 18.6. The van der Waals surface area contributed by atoms with Crippen molar-refractivity contribution in [1.82, 2.24) is 14.7 Å². The number of aromatic nitrogens is 2. The topological polar surface area (TPSA) is 47.4 Å². The maximum atomic E-state index is 12.2. The van der Waals surface area contributed by atoms with Gasteiger partial charge in [-0.05, 0) is 39.2 Å². The minimum Gasteiger partial charge on any atom is -0.444 e. The summed E-state index contributed by atoms with van der Waals surface area (Å²) in [5.41, 5.74) is 0.872. The lowest BCUT2D eigenvalue weighted by atomic mass is 10.1. The highest BCUT2D eigenvalue weighted by molar-refractivity contribution is 7.98. The van der Waals surface area contributed by atoms with Crippen LogP contribution in [-0.4, -0.2) is 39.5 Å². The molecule has 26 heavy (non-hydrogen) atoms. The molecule has 1 saturated heterocycles. The molecule has 0 N–H and O–H groups in total. The van der Waals surface area contributed by atoms with E-state index < -0.39 is 5.60 Å². The summed E-state index contributed by atoms with van der Waals surface area (Å²) in [5.74, 6) is 0.948. The van der Waals surface area contributed by atoms with Crippen LogP contribution in [-0.2, 0) is 10.5 Å². The first-order chi connectivity index (χ1) is 12.4. The van der Waals surface area contributed by atoms with Crippen molar-refractivity contribution in [3.8, 4) is 0 Å². The number of amides is 1. The lowest BCUT2D eigenvalue weighted by Crippen LogP contribution is -2.42. The van der Waals surface area contributed by atoms with Gasteiger partial charge in [0.05, 0.1) is 12.2 Å². The van der Waals surface area contributed by atoms with Crippen LogP contribution in [0.3, 0.4) is 0 Å². The predicted octanol–water partition coefficient (Wildman–Crippen LogP) is 4.75. The summed E-state index contributed by atoms with van der Waals surface area (Å²) < 4.78 is 7.51. The van der Waals surface area contributed by atoms with Gasteiger partial charge in [0.2, 0.25) is 0 Å². The Morgan fingerprint density at radius 2 is 1.92 bits per heavy atom. The molecule has 0 saturated carbocycles. The summed E-state index contributed by atoms with van der Waals surface area (Å²) >= 11 is 1.80. The van der Waals surface area contributed by atoms with E-state index in [4.69, 9.17) is 4.74 Å². The van der Waals surface area contributed by atoms with Gasteiger partial charge in [0.25, 0.3) is 0 Å². The molecule has 1 aromatic carbocycles. The van der Waals surface area contributed by atoms with Crippen molar-refractivity contribution < 1.29 is 9.53 Å². The third kappa shape index (κ3) is 5.27. The molecule has 0 spiro atoms. The van der Waals surface area contributed by atoms with E-state index in [1.54, 1.807) is 16.7 Å². The first kappa shape index (κ1) is 18.8. The highest BCUT2D eigenvalue weighted by Gasteiger charge is 2.27. The molecule has 1 aromatic heterocycles. The number of carbonyl (C=O) groups excluding carboxylic acids is 1. The van der Waals surface area contributed by atoms with Gasteiger partial charge in [-0.1, -0.05) is 30.3 Å². The Bertz CT molecular complexity index is 716. The number of piperidine rings is 1. The van der Waals surface area contributed by atoms with E-state index in [2.05, 4.69) is 40.2 Å². The van der Waals surface area contributed by atoms with E-state index in [0.717, 1.165) is 18.6 Å². The van der Waals surface area contributed by atoms with Gasteiger partial charge >= 0.3 is 6.09 Å². The van der Waals surface area contributed by atoms with Crippen molar-refractivity contribution in [2.45, 2.75) is 55.9 Å². The van der Waals surface area contributed by atoms with Crippen LogP contribution in [0.1, 0.15) is 45.2 Å². The molecule has 1 aliphatic rings. The van der Waals surface area contributed by atoms with Gasteiger partial charge in [-0.3, -0.25) is 4.68 Å². The highest BCUT2D eigenvalue weighted by Crippen LogP contribution is 2.27. The van der Waals surface area contributed by atoms with Crippen molar-refractivity contribution in [2.75, 3.05) is 13.1 Å². The summed E-state index contributed by atoms with van der Waals surface area (Å²) in [5, 5.41) is 4.54. The molecule has 3 rings (SSSR count). The average Bonchev–Trinajstić information content (AvgIpc) is 3.08. The first-order valence-electron chi connectivity index (χ1n) is 9.09. The lowest BCUT2D eigenvalue weighted by molar-refractivity contribution is 0.0184. The molecule has 0 unspecified atom stereocenters. The van der Waals surface area contributed by atoms with Crippen molar-refractivity contribution in [1.29, 1.82) is 0 Å². The molecule has 0 aliphatic carbocycles. The molecule has 0 radical (unpaired) electrons. The van der Waals surface area contributed by atoms with E-state index in [-0.39, 0.29) is 6.09 Å². The van der Waals surface area contributed by atoms with Crippen molar-refractivity contribution >= 4 is 17.9 Å². The zero-order valence-corrected chi connectivity index (χ0v) is 16.5. The smallest absolute Gasteiger partial charge is 0.410 e. The van der Waals surface area contributed by atoms with Crippen LogP contribution >= 0.6 is 11.8 Å². The maximum Gasteiger partial charge on any atom is 0.410 e. The zero-order valence-electron chi connectivity index (χ0n) is 15.7. The van der Waals surface area contributed by atoms with Crippen LogP contribution in [0.2, 0.25) is 0 Å². The Morgan fingerprint density at radius 1 is 1.23 bits per heavy atom. The number of likely N-dealkylation sites (tertiary alicyclic amines) is 1. The fourth-order valence-electron chi connectivity index (χ4n) is 2.98.